The van der Waals surface area contributed by atoms with Crippen molar-refractivity contribution in [3.63, 3.8) is 0 Å². The lowest BCUT2D eigenvalue weighted by atomic mass is 9.60. The first-order chi connectivity index (χ1) is 15.8. The van der Waals surface area contributed by atoms with Gasteiger partial charge in [-0.2, -0.15) is 0 Å². The predicted molar refractivity (Wildman–Crippen MR) is 154 cm³/mol. The van der Waals surface area contributed by atoms with Crippen LogP contribution in [0.5, 0.6) is 11.5 Å². The Bertz CT molecular complexity index is 1330. The molecule has 12 heteroatoms. The van der Waals surface area contributed by atoms with Crippen molar-refractivity contribution in [1.29, 1.82) is 0 Å². The molecule has 0 heterocycles. The minimum Gasteiger partial charge on any atom is -0.509 e. The number of benzene rings is 1. The summed E-state index contributed by atoms with van der Waals surface area (Å²) in [5, 5.41) is 62.7. The van der Waals surface area contributed by atoms with E-state index in [9.17, 15) is 30.6 Å². The van der Waals surface area contributed by atoms with Crippen LogP contribution in [0.3, 0.4) is 0 Å². The minimum absolute atomic E-state index is 0.00834. The molecule has 0 fully saturated rings. The highest BCUT2D eigenvalue weighted by atomic mass is 16.3. The van der Waals surface area contributed by atoms with E-state index in [2.05, 4.69) is 6.58 Å². The highest BCUT2D eigenvalue weighted by Crippen LogP contribution is 2.32. The molecule has 0 spiro atoms. The molecule has 1 aromatic rings. The molecule has 0 aliphatic heterocycles. The van der Waals surface area contributed by atoms with E-state index in [-0.39, 0.29) is 29.5 Å². The second-order valence-corrected chi connectivity index (χ2v) is 8.95. The minimum atomic E-state index is -0.764. The summed E-state index contributed by atoms with van der Waals surface area (Å²) in [6.45, 7) is 3.63. The topological polar surface area (TPSA) is 121 Å². The van der Waals surface area contributed by atoms with E-state index >= 15 is 0 Å². The van der Waals surface area contributed by atoms with E-state index in [1.54, 1.807) is 23.5 Å². The van der Waals surface area contributed by atoms with Crippen LogP contribution >= 0.6 is 0 Å². The fraction of sp³-hybridized carbons (Fsp3) is 0.182. The number of rotatable bonds is 6. The molecule has 1 aromatic carbocycles. The van der Waals surface area contributed by atoms with Crippen LogP contribution in [0.25, 0.3) is 11.1 Å². The zero-order valence-corrected chi connectivity index (χ0v) is 20.7. The van der Waals surface area contributed by atoms with E-state index in [1.165, 1.54) is 0 Å². The van der Waals surface area contributed by atoms with Crippen LogP contribution in [-0.2, 0) is 0 Å². The molecule has 1 aliphatic carbocycles. The highest BCUT2D eigenvalue weighted by Gasteiger charge is 2.24. The number of aliphatic hydroxyl groups is 4. The maximum Gasteiger partial charge on any atom is 0.213 e. The number of allylic oxidation sites excluding steroid dienone is 4. The van der Waals surface area contributed by atoms with Crippen molar-refractivity contribution in [2.75, 3.05) is 0 Å². The molecule has 0 radical (unpaired) electrons. The lowest BCUT2D eigenvalue weighted by Crippen LogP contribution is -2.52. The number of phenolic OH excluding ortho intramolecular Hbond substituents is 2. The Kier molecular flexibility index (Phi) is 8.15. The third kappa shape index (κ3) is 4.79. The number of aromatic hydroxyl groups is 2. The van der Waals surface area contributed by atoms with Gasteiger partial charge in [0.2, 0.25) is 11.5 Å². The van der Waals surface area contributed by atoms with Crippen LogP contribution in [0.2, 0.25) is 5.82 Å². The normalized spacial score (nSPS) is 16.4. The summed E-state index contributed by atoms with van der Waals surface area (Å²) >= 11 is 0. The zero-order chi connectivity index (χ0) is 26.1. The van der Waals surface area contributed by atoms with Crippen molar-refractivity contribution in [1.82, 2.24) is 0 Å². The summed E-state index contributed by atoms with van der Waals surface area (Å²) in [7, 11) is 10.9. The monoisotopic (exact) mass is 454 g/mol. The first-order valence-corrected chi connectivity index (χ1v) is 11.1. The van der Waals surface area contributed by atoms with Crippen LogP contribution < -0.4 is 21.4 Å². The van der Waals surface area contributed by atoms with Gasteiger partial charge in [0.25, 0.3) is 0 Å². The summed E-state index contributed by atoms with van der Waals surface area (Å²) in [6, 6.07) is 0. The van der Waals surface area contributed by atoms with Gasteiger partial charge in [-0.1, -0.05) is 28.7 Å². The summed E-state index contributed by atoms with van der Waals surface area (Å²) in [5.41, 5.74) is 5.08. The second-order valence-electron chi connectivity index (χ2n) is 8.95. The average Bonchev–Trinajstić information content (AvgIpc) is 2.82. The van der Waals surface area contributed by atoms with Crippen molar-refractivity contribution in [2.45, 2.75) is 25.1 Å². The van der Waals surface area contributed by atoms with Crippen molar-refractivity contribution in [2.24, 2.45) is 0 Å². The van der Waals surface area contributed by atoms with Gasteiger partial charge in [0.05, 0.1) is 0 Å². The summed E-state index contributed by atoms with van der Waals surface area (Å²) < 4.78 is 0. The molecule has 34 heavy (non-hydrogen) atoms. The van der Waals surface area contributed by atoms with Crippen molar-refractivity contribution >= 4 is 69.1 Å². The molecule has 0 aromatic heterocycles. The van der Waals surface area contributed by atoms with Gasteiger partial charge in [-0.25, -0.2) is 0 Å². The molecular weight excluding hydrogens is 425 g/mol. The van der Waals surface area contributed by atoms with E-state index in [1.807, 2.05) is 29.5 Å². The zero-order valence-electron chi connectivity index (χ0n) is 20.7. The first kappa shape index (κ1) is 26.9. The Morgan fingerprint density at radius 2 is 1.47 bits per heavy atom. The van der Waals surface area contributed by atoms with Crippen molar-refractivity contribution in [3.05, 3.63) is 56.5 Å². The molecule has 0 bridgehead atoms. The molecule has 2 rings (SSSR count). The molecule has 0 saturated heterocycles. The molecule has 6 nitrogen and oxygen atoms in total. The van der Waals surface area contributed by atoms with Gasteiger partial charge < -0.3 is 30.6 Å². The summed E-state index contributed by atoms with van der Waals surface area (Å²) in [5.74, 6) is -0.563. The molecular formula is C22H28B6O6. The van der Waals surface area contributed by atoms with Gasteiger partial charge in [0.1, 0.15) is 52.8 Å². The summed E-state index contributed by atoms with van der Waals surface area (Å²) in [6.07, 6.45) is 6.62. The highest BCUT2D eigenvalue weighted by molar-refractivity contribution is 6.41. The largest absolute Gasteiger partial charge is 0.509 e. The van der Waals surface area contributed by atoms with Crippen molar-refractivity contribution < 1.29 is 30.6 Å². The van der Waals surface area contributed by atoms with Crippen LogP contribution in [0.1, 0.15) is 19.3 Å². The Hall–Kier alpha value is -3.33. The molecule has 1 aliphatic rings. The average molecular weight is 453 g/mol. The number of aliphatic hydroxyl groups excluding tert-OH is 4. The first-order valence-electron chi connectivity index (χ1n) is 11.1. The Morgan fingerprint density at radius 3 is 1.97 bits per heavy atom. The fourth-order valence-electron chi connectivity index (χ4n) is 4.56. The van der Waals surface area contributed by atoms with Gasteiger partial charge >= 0.3 is 0 Å². The Morgan fingerprint density at radius 1 is 0.941 bits per heavy atom. The smallest absolute Gasteiger partial charge is 0.213 e. The fourth-order valence-corrected chi connectivity index (χ4v) is 4.56. The lowest BCUT2D eigenvalue weighted by molar-refractivity contribution is 0.291. The Labute approximate surface area is 205 Å². The molecule has 1 atom stereocenters. The van der Waals surface area contributed by atoms with Gasteiger partial charge in [0, 0.05) is 0 Å². The number of hydrogen-bond donors (Lipinski definition) is 6. The van der Waals surface area contributed by atoms with Gasteiger partial charge in [-0.05, 0) is 52.4 Å². The van der Waals surface area contributed by atoms with Gasteiger partial charge in [-0.3, -0.25) is 0 Å². The van der Waals surface area contributed by atoms with Crippen LogP contribution in [0, 0.1) is 12.3 Å². The van der Waals surface area contributed by atoms with E-state index in [0.717, 1.165) is 27.1 Å². The summed E-state index contributed by atoms with van der Waals surface area (Å²) in [4.78, 5) is 0. The molecule has 0 amide bonds. The van der Waals surface area contributed by atoms with Crippen molar-refractivity contribution in [3.8, 4) is 23.8 Å². The van der Waals surface area contributed by atoms with Gasteiger partial charge in [-0.15, -0.1) is 11.9 Å². The SMILES string of the molecule is B/C(C(=C)O)=C(\B)C(B)C1=c2c(B)c(O)c(O)c(B)c2=C(C/C(B)=C(O)\C(O)=C(\O)C#C)CC1. The molecule has 6 N–H and O–H groups in total. The lowest BCUT2D eigenvalue weighted by Gasteiger charge is -2.27. The van der Waals surface area contributed by atoms with E-state index in [4.69, 9.17) is 6.42 Å². The standard InChI is InChI=1S/C22H28B6O6/c1-3-11(30)20(32)19(31)10(23)6-8-4-5-9(15(25)18(28)14(24)7(2)29)13-12(8)16(26)21(33)22(34)17(13)27/h1,15,29-34H,2,4-6,23-28H2/b18-14-,19-10-,20-11-. The number of hydrogen-bond acceptors (Lipinski definition) is 6. The number of terminal acetylenes is 1. The van der Waals surface area contributed by atoms with Crippen LogP contribution in [0.15, 0.2) is 46.0 Å². The predicted octanol–water partition coefficient (Wildman–Crippen LogP) is -4.57. The molecule has 1 unspecified atom stereocenters. The van der Waals surface area contributed by atoms with Crippen LogP contribution in [-0.4, -0.2) is 77.7 Å². The quantitative estimate of drug-likeness (QED) is 0.0849. The number of phenols is 2. The van der Waals surface area contributed by atoms with E-state index in [0.29, 0.717) is 34.7 Å². The third-order valence-electron chi connectivity index (χ3n) is 6.97. The molecule has 170 valence electrons. The van der Waals surface area contributed by atoms with E-state index < -0.39 is 17.3 Å². The molecule has 0 saturated carbocycles. The Balaban J connectivity index is 2.95. The van der Waals surface area contributed by atoms with Crippen LogP contribution in [0.4, 0.5) is 0 Å². The third-order valence-corrected chi connectivity index (χ3v) is 6.97. The van der Waals surface area contributed by atoms with Gasteiger partial charge in [0.15, 0.2) is 17.3 Å². The second kappa shape index (κ2) is 10.3. The number of fused-ring (bicyclic) bond motifs is 1. The maximum absolute atomic E-state index is 10.6. The maximum atomic E-state index is 10.6.